The molecule has 5 nitrogen and oxygen atoms in total. The summed E-state index contributed by atoms with van der Waals surface area (Å²) in [5, 5.41) is 17.9. The van der Waals surface area contributed by atoms with Gasteiger partial charge in [0.15, 0.2) is 11.5 Å². The minimum atomic E-state index is -1.27. The van der Waals surface area contributed by atoms with Crippen molar-refractivity contribution in [3.05, 3.63) is 23.8 Å². The molecule has 1 aromatic rings. The first-order chi connectivity index (χ1) is 6.52. The van der Waals surface area contributed by atoms with Crippen molar-refractivity contribution in [3.63, 3.8) is 0 Å². The minimum Gasteiger partial charge on any atom is -0.504 e. The molecule has 0 saturated carbocycles. The zero-order chi connectivity index (χ0) is 10.7. The number of carbonyl (C=O) groups is 2. The average molecular weight is 196 g/mol. The smallest absolute Gasteiger partial charge is 0.339 e. The lowest BCUT2D eigenvalue weighted by Gasteiger charge is -2.06. The number of phenols is 1. The van der Waals surface area contributed by atoms with Crippen LogP contribution in [0.5, 0.6) is 11.5 Å². The third-order valence-electron chi connectivity index (χ3n) is 1.47. The van der Waals surface area contributed by atoms with Crippen LogP contribution in [0.15, 0.2) is 18.2 Å². The van der Waals surface area contributed by atoms with Gasteiger partial charge in [0.25, 0.3) is 0 Å². The maximum atomic E-state index is 10.7. The van der Waals surface area contributed by atoms with Gasteiger partial charge in [-0.3, -0.25) is 4.79 Å². The predicted octanol–water partition coefficient (Wildman–Crippen LogP) is 1.02. The number of carboxylic acid groups (broad SMARTS) is 1. The van der Waals surface area contributed by atoms with Crippen molar-refractivity contribution in [3.8, 4) is 11.5 Å². The maximum absolute atomic E-state index is 10.7. The average Bonchev–Trinajstić information content (AvgIpc) is 2.07. The number of carbonyl (C=O) groups excluding carboxylic acids is 1. The Hall–Kier alpha value is -2.04. The van der Waals surface area contributed by atoms with E-state index in [-0.39, 0.29) is 17.1 Å². The first-order valence-corrected chi connectivity index (χ1v) is 3.76. The molecule has 0 aromatic heterocycles. The number of phenolic OH excluding ortho intramolecular Hbond substituents is 1. The Morgan fingerprint density at radius 1 is 1.36 bits per heavy atom. The molecule has 74 valence electrons. The van der Waals surface area contributed by atoms with E-state index in [2.05, 4.69) is 4.74 Å². The SMILES string of the molecule is CC(=O)Oc1c(O)cccc1C(=O)O. The van der Waals surface area contributed by atoms with Crippen molar-refractivity contribution in [2.75, 3.05) is 0 Å². The number of benzene rings is 1. The summed E-state index contributed by atoms with van der Waals surface area (Å²) in [6.45, 7) is 1.12. The van der Waals surface area contributed by atoms with Gasteiger partial charge in [-0.05, 0) is 12.1 Å². The van der Waals surface area contributed by atoms with E-state index < -0.39 is 11.9 Å². The highest BCUT2D eigenvalue weighted by Gasteiger charge is 2.16. The van der Waals surface area contributed by atoms with Gasteiger partial charge in [-0.1, -0.05) is 6.07 Å². The first kappa shape index (κ1) is 10.0. The number of aromatic carboxylic acids is 1. The summed E-state index contributed by atoms with van der Waals surface area (Å²) in [6.07, 6.45) is 0. The fourth-order valence-electron chi connectivity index (χ4n) is 0.944. The van der Waals surface area contributed by atoms with Crippen molar-refractivity contribution in [2.24, 2.45) is 0 Å². The van der Waals surface area contributed by atoms with Gasteiger partial charge in [0, 0.05) is 6.92 Å². The number of hydrogen-bond donors (Lipinski definition) is 2. The molecule has 0 aliphatic heterocycles. The van der Waals surface area contributed by atoms with Gasteiger partial charge in [0.2, 0.25) is 0 Å². The van der Waals surface area contributed by atoms with Crippen molar-refractivity contribution in [1.29, 1.82) is 0 Å². The Kier molecular flexibility index (Phi) is 2.71. The molecule has 0 bridgehead atoms. The van der Waals surface area contributed by atoms with Gasteiger partial charge in [-0.15, -0.1) is 0 Å². The van der Waals surface area contributed by atoms with Crippen molar-refractivity contribution in [2.45, 2.75) is 6.92 Å². The van der Waals surface area contributed by atoms with E-state index in [9.17, 15) is 14.7 Å². The zero-order valence-corrected chi connectivity index (χ0v) is 7.35. The Bertz CT molecular complexity index is 383. The monoisotopic (exact) mass is 196 g/mol. The minimum absolute atomic E-state index is 0.250. The van der Waals surface area contributed by atoms with Gasteiger partial charge in [-0.25, -0.2) is 4.79 Å². The summed E-state index contributed by atoms with van der Waals surface area (Å²) in [7, 11) is 0. The maximum Gasteiger partial charge on any atom is 0.339 e. The molecule has 0 aliphatic rings. The highest BCUT2D eigenvalue weighted by atomic mass is 16.5. The zero-order valence-electron chi connectivity index (χ0n) is 7.35. The van der Waals surface area contributed by atoms with E-state index >= 15 is 0 Å². The molecule has 0 radical (unpaired) electrons. The Labute approximate surface area is 79.6 Å². The molecule has 0 aliphatic carbocycles. The molecule has 0 unspecified atom stereocenters. The Morgan fingerprint density at radius 3 is 2.50 bits per heavy atom. The van der Waals surface area contributed by atoms with Crippen LogP contribution in [0.3, 0.4) is 0 Å². The standard InChI is InChI=1S/C9H8O5/c1-5(10)14-8-6(9(12)13)3-2-4-7(8)11/h2-4,11H,1H3,(H,12,13). The van der Waals surface area contributed by atoms with Crippen LogP contribution in [-0.2, 0) is 4.79 Å². The first-order valence-electron chi connectivity index (χ1n) is 3.76. The fourth-order valence-corrected chi connectivity index (χ4v) is 0.944. The Balaban J connectivity index is 3.22. The molecule has 0 spiro atoms. The van der Waals surface area contributed by atoms with E-state index in [1.807, 2.05) is 0 Å². The molecular weight excluding hydrogens is 188 g/mol. The lowest BCUT2D eigenvalue weighted by Crippen LogP contribution is -2.07. The van der Waals surface area contributed by atoms with Gasteiger partial charge in [0.05, 0.1) is 0 Å². The van der Waals surface area contributed by atoms with E-state index in [4.69, 9.17) is 5.11 Å². The van der Waals surface area contributed by atoms with Crippen LogP contribution >= 0.6 is 0 Å². The van der Waals surface area contributed by atoms with Gasteiger partial charge in [-0.2, -0.15) is 0 Å². The topological polar surface area (TPSA) is 83.8 Å². The van der Waals surface area contributed by atoms with Gasteiger partial charge in [0.1, 0.15) is 5.56 Å². The van der Waals surface area contributed by atoms with Crippen LogP contribution in [-0.4, -0.2) is 22.2 Å². The molecule has 0 amide bonds. The third kappa shape index (κ3) is 2.01. The van der Waals surface area contributed by atoms with Crippen LogP contribution < -0.4 is 4.74 Å². The molecule has 0 saturated heterocycles. The fraction of sp³-hybridized carbons (Fsp3) is 0.111. The van der Waals surface area contributed by atoms with Crippen LogP contribution in [0.25, 0.3) is 0 Å². The molecule has 0 heterocycles. The van der Waals surface area contributed by atoms with Gasteiger partial charge < -0.3 is 14.9 Å². The van der Waals surface area contributed by atoms with Crippen molar-refractivity contribution in [1.82, 2.24) is 0 Å². The van der Waals surface area contributed by atoms with Crippen LogP contribution in [0.4, 0.5) is 0 Å². The summed E-state index contributed by atoms with van der Waals surface area (Å²) in [6, 6.07) is 3.83. The second-order valence-corrected chi connectivity index (χ2v) is 2.55. The van der Waals surface area contributed by atoms with Crippen molar-refractivity contribution < 1.29 is 24.5 Å². The van der Waals surface area contributed by atoms with Crippen LogP contribution in [0, 0.1) is 0 Å². The molecule has 14 heavy (non-hydrogen) atoms. The number of ether oxygens (including phenoxy) is 1. The summed E-state index contributed by atoms with van der Waals surface area (Å²) in [5.41, 5.74) is -0.250. The second-order valence-electron chi connectivity index (χ2n) is 2.55. The highest BCUT2D eigenvalue weighted by Crippen LogP contribution is 2.29. The molecule has 2 N–H and O–H groups in total. The lowest BCUT2D eigenvalue weighted by atomic mass is 10.2. The summed E-state index contributed by atoms with van der Waals surface area (Å²) < 4.78 is 4.57. The van der Waals surface area contributed by atoms with E-state index in [0.717, 1.165) is 6.92 Å². The summed E-state index contributed by atoms with van der Waals surface area (Å²) >= 11 is 0. The van der Waals surface area contributed by atoms with Gasteiger partial charge >= 0.3 is 11.9 Å². The third-order valence-corrected chi connectivity index (χ3v) is 1.47. The quantitative estimate of drug-likeness (QED) is 0.544. The molecule has 1 rings (SSSR count). The number of esters is 1. The Morgan fingerprint density at radius 2 is 2.00 bits per heavy atom. The molecular formula is C9H8O5. The number of hydrogen-bond acceptors (Lipinski definition) is 4. The number of rotatable bonds is 2. The van der Waals surface area contributed by atoms with Crippen LogP contribution in [0.1, 0.15) is 17.3 Å². The lowest BCUT2D eigenvalue weighted by molar-refractivity contribution is -0.132. The summed E-state index contributed by atoms with van der Waals surface area (Å²) in [4.78, 5) is 21.3. The molecule has 5 heteroatoms. The number of aromatic hydroxyl groups is 1. The van der Waals surface area contributed by atoms with E-state index in [1.54, 1.807) is 0 Å². The number of carboxylic acids is 1. The molecule has 0 atom stereocenters. The normalized spacial score (nSPS) is 9.50. The predicted molar refractivity (Wildman–Crippen MR) is 46.4 cm³/mol. The van der Waals surface area contributed by atoms with Crippen LogP contribution in [0.2, 0.25) is 0 Å². The second kappa shape index (κ2) is 3.78. The molecule has 0 fully saturated rings. The summed E-state index contributed by atoms with van der Waals surface area (Å²) in [5.74, 6) is -2.65. The highest BCUT2D eigenvalue weighted by molar-refractivity contribution is 5.93. The van der Waals surface area contributed by atoms with E-state index in [1.165, 1.54) is 18.2 Å². The number of para-hydroxylation sites is 1. The molecule has 1 aromatic carbocycles. The largest absolute Gasteiger partial charge is 0.504 e. The van der Waals surface area contributed by atoms with Crippen molar-refractivity contribution >= 4 is 11.9 Å². The van der Waals surface area contributed by atoms with E-state index in [0.29, 0.717) is 0 Å².